The van der Waals surface area contributed by atoms with E-state index in [1.165, 1.54) is 12.7 Å². The lowest BCUT2D eigenvalue weighted by Crippen LogP contribution is -2.25. The maximum absolute atomic E-state index is 11.6. The van der Waals surface area contributed by atoms with Gasteiger partial charge in [0.05, 0.1) is 12.6 Å². The number of hydrogen-bond acceptors (Lipinski definition) is 3. The summed E-state index contributed by atoms with van der Waals surface area (Å²) >= 11 is 0. The molecule has 1 atom stereocenters. The number of benzene rings is 1. The van der Waals surface area contributed by atoms with Gasteiger partial charge in [0.1, 0.15) is 6.04 Å². The van der Waals surface area contributed by atoms with Crippen molar-refractivity contribution in [3.05, 3.63) is 35.5 Å². The van der Waals surface area contributed by atoms with E-state index >= 15 is 0 Å². The highest BCUT2D eigenvalue weighted by Gasteiger charge is 2.21. The Morgan fingerprint density at radius 3 is 2.83 bits per heavy atom. The van der Waals surface area contributed by atoms with Gasteiger partial charge in [0.25, 0.3) is 0 Å². The summed E-state index contributed by atoms with van der Waals surface area (Å²) in [4.78, 5) is 11.6. The number of nitrogens with two attached hydrogens (primary N) is 1. The fraction of sp³-hybridized carbons (Fsp3) is 0.357. The van der Waals surface area contributed by atoms with Crippen LogP contribution in [-0.4, -0.2) is 17.6 Å². The number of carbonyl (C=O) groups is 1. The average Bonchev–Trinajstić information content (AvgIpc) is 2.76. The molecule has 0 aliphatic heterocycles. The third kappa shape index (κ3) is 1.88. The van der Waals surface area contributed by atoms with E-state index in [-0.39, 0.29) is 0 Å². The van der Waals surface area contributed by atoms with E-state index in [1.54, 1.807) is 0 Å². The van der Waals surface area contributed by atoms with Crippen LogP contribution in [-0.2, 0) is 16.1 Å². The minimum Gasteiger partial charge on any atom is -0.468 e. The van der Waals surface area contributed by atoms with Crippen molar-refractivity contribution in [2.24, 2.45) is 5.73 Å². The number of aromatic nitrogens is 1. The van der Waals surface area contributed by atoms with E-state index in [9.17, 15) is 4.79 Å². The van der Waals surface area contributed by atoms with Crippen LogP contribution in [0.15, 0.2) is 24.3 Å². The normalized spacial score (nSPS) is 12.7. The van der Waals surface area contributed by atoms with Crippen molar-refractivity contribution in [2.45, 2.75) is 26.4 Å². The Labute approximate surface area is 106 Å². The van der Waals surface area contributed by atoms with E-state index in [0.717, 1.165) is 23.1 Å². The molecule has 2 N–H and O–H groups in total. The SMILES string of the molecule is CCn1c(C(N)C(=O)OC)cc2cccc(C)c21. The number of aryl methyl sites for hydroxylation is 2. The molecule has 1 unspecified atom stereocenters. The zero-order valence-corrected chi connectivity index (χ0v) is 10.9. The molecule has 0 bridgehead atoms. The second-order valence-corrected chi connectivity index (χ2v) is 4.33. The largest absolute Gasteiger partial charge is 0.468 e. The van der Waals surface area contributed by atoms with Crippen LogP contribution in [0, 0.1) is 6.92 Å². The maximum Gasteiger partial charge on any atom is 0.328 e. The van der Waals surface area contributed by atoms with Crippen LogP contribution in [0.25, 0.3) is 10.9 Å². The Morgan fingerprint density at radius 2 is 2.22 bits per heavy atom. The van der Waals surface area contributed by atoms with Crippen molar-refractivity contribution in [1.29, 1.82) is 0 Å². The number of nitrogens with zero attached hydrogens (tertiary/aromatic N) is 1. The van der Waals surface area contributed by atoms with Gasteiger partial charge < -0.3 is 15.0 Å². The molecule has 0 amide bonds. The van der Waals surface area contributed by atoms with Crippen LogP contribution in [0.3, 0.4) is 0 Å². The van der Waals surface area contributed by atoms with Crippen LogP contribution < -0.4 is 5.73 Å². The molecule has 18 heavy (non-hydrogen) atoms. The fourth-order valence-corrected chi connectivity index (χ4v) is 2.38. The highest BCUT2D eigenvalue weighted by Crippen LogP contribution is 2.26. The van der Waals surface area contributed by atoms with Gasteiger partial charge in [-0.25, -0.2) is 4.79 Å². The fourth-order valence-electron chi connectivity index (χ4n) is 2.38. The highest BCUT2D eigenvalue weighted by molar-refractivity contribution is 5.87. The van der Waals surface area contributed by atoms with Crippen LogP contribution in [0.2, 0.25) is 0 Å². The number of rotatable bonds is 3. The molecule has 0 fully saturated rings. The van der Waals surface area contributed by atoms with Gasteiger partial charge in [-0.15, -0.1) is 0 Å². The van der Waals surface area contributed by atoms with E-state index in [1.807, 2.05) is 25.1 Å². The molecule has 0 aliphatic rings. The van der Waals surface area contributed by atoms with Gasteiger partial charge in [-0.1, -0.05) is 18.2 Å². The van der Waals surface area contributed by atoms with Gasteiger partial charge in [-0.3, -0.25) is 0 Å². The first-order chi connectivity index (χ1) is 8.60. The minimum atomic E-state index is -0.734. The van der Waals surface area contributed by atoms with E-state index in [0.29, 0.717) is 0 Å². The van der Waals surface area contributed by atoms with Crippen molar-refractivity contribution in [1.82, 2.24) is 4.57 Å². The van der Waals surface area contributed by atoms with E-state index < -0.39 is 12.0 Å². The number of methoxy groups -OCH3 is 1. The third-order valence-corrected chi connectivity index (χ3v) is 3.24. The lowest BCUT2D eigenvalue weighted by atomic mass is 10.1. The smallest absolute Gasteiger partial charge is 0.328 e. The topological polar surface area (TPSA) is 57.2 Å². The lowest BCUT2D eigenvalue weighted by molar-refractivity contribution is -0.142. The maximum atomic E-state index is 11.6. The van der Waals surface area contributed by atoms with Gasteiger partial charge in [0.15, 0.2) is 0 Å². The monoisotopic (exact) mass is 246 g/mol. The van der Waals surface area contributed by atoms with Gasteiger partial charge in [-0.05, 0) is 25.5 Å². The molecular weight excluding hydrogens is 228 g/mol. The van der Waals surface area contributed by atoms with Crippen molar-refractivity contribution in [3.8, 4) is 0 Å². The molecular formula is C14H18N2O2. The zero-order valence-electron chi connectivity index (χ0n) is 10.9. The zero-order chi connectivity index (χ0) is 13.3. The number of carbonyl (C=O) groups excluding carboxylic acids is 1. The van der Waals surface area contributed by atoms with Crippen molar-refractivity contribution >= 4 is 16.9 Å². The molecule has 1 aromatic carbocycles. The van der Waals surface area contributed by atoms with E-state index in [4.69, 9.17) is 10.5 Å². The Balaban J connectivity index is 2.65. The average molecular weight is 246 g/mol. The molecule has 4 heteroatoms. The highest BCUT2D eigenvalue weighted by atomic mass is 16.5. The quantitative estimate of drug-likeness (QED) is 0.844. The number of para-hydroxylation sites is 1. The van der Waals surface area contributed by atoms with Gasteiger partial charge >= 0.3 is 5.97 Å². The summed E-state index contributed by atoms with van der Waals surface area (Å²) in [5.74, 6) is -0.412. The molecule has 96 valence electrons. The molecule has 4 nitrogen and oxygen atoms in total. The summed E-state index contributed by atoms with van der Waals surface area (Å²) in [5.41, 5.74) is 9.06. The molecule has 0 radical (unpaired) electrons. The molecule has 0 spiro atoms. The Bertz CT molecular complexity index is 587. The summed E-state index contributed by atoms with van der Waals surface area (Å²) < 4.78 is 6.79. The molecule has 0 saturated heterocycles. The van der Waals surface area contributed by atoms with Crippen molar-refractivity contribution in [2.75, 3.05) is 7.11 Å². The number of esters is 1. The van der Waals surface area contributed by atoms with E-state index in [2.05, 4.69) is 17.6 Å². The van der Waals surface area contributed by atoms with Crippen molar-refractivity contribution < 1.29 is 9.53 Å². The second kappa shape index (κ2) is 4.82. The Kier molecular flexibility index (Phi) is 3.39. The number of fused-ring (bicyclic) bond motifs is 1. The first kappa shape index (κ1) is 12.6. The van der Waals surface area contributed by atoms with Gasteiger partial charge in [-0.2, -0.15) is 0 Å². The molecule has 0 saturated carbocycles. The van der Waals surface area contributed by atoms with Crippen LogP contribution in [0.1, 0.15) is 24.2 Å². The summed E-state index contributed by atoms with van der Waals surface area (Å²) in [6, 6.07) is 7.32. The molecule has 2 rings (SSSR count). The summed E-state index contributed by atoms with van der Waals surface area (Å²) in [5, 5.41) is 1.10. The number of ether oxygens (including phenoxy) is 1. The lowest BCUT2D eigenvalue weighted by Gasteiger charge is -2.13. The van der Waals surface area contributed by atoms with Crippen LogP contribution in [0.4, 0.5) is 0 Å². The van der Waals surface area contributed by atoms with Crippen molar-refractivity contribution in [3.63, 3.8) is 0 Å². The molecule has 1 heterocycles. The first-order valence-corrected chi connectivity index (χ1v) is 6.02. The van der Waals surface area contributed by atoms with Gasteiger partial charge in [0.2, 0.25) is 0 Å². The molecule has 1 aromatic heterocycles. The summed E-state index contributed by atoms with van der Waals surface area (Å²) in [6.07, 6.45) is 0. The van der Waals surface area contributed by atoms with Gasteiger partial charge in [0, 0.05) is 17.6 Å². The second-order valence-electron chi connectivity index (χ2n) is 4.33. The molecule has 0 aliphatic carbocycles. The number of hydrogen-bond donors (Lipinski definition) is 1. The predicted molar refractivity (Wildman–Crippen MR) is 71.3 cm³/mol. The standard InChI is InChI=1S/C14H18N2O2/c1-4-16-11(12(15)14(17)18-3)8-10-7-5-6-9(2)13(10)16/h5-8,12H,4,15H2,1-3H3. The predicted octanol–water partition coefficient (Wildman–Crippen LogP) is 2.14. The van der Waals surface area contributed by atoms with Crippen LogP contribution in [0.5, 0.6) is 0 Å². The summed E-state index contributed by atoms with van der Waals surface area (Å²) in [7, 11) is 1.35. The van der Waals surface area contributed by atoms with Crippen LogP contribution >= 0.6 is 0 Å². The molecule has 2 aromatic rings. The minimum absolute atomic E-state index is 0.412. The third-order valence-electron chi connectivity index (χ3n) is 3.24. The summed E-state index contributed by atoms with van der Waals surface area (Å²) in [6.45, 7) is 4.87. The Hall–Kier alpha value is -1.81. The Morgan fingerprint density at radius 1 is 1.50 bits per heavy atom. The first-order valence-electron chi connectivity index (χ1n) is 6.02.